The molecule has 15 heteroatoms. The van der Waals surface area contributed by atoms with Gasteiger partial charge in [0.1, 0.15) is 12.2 Å². The molecule has 0 aliphatic carbocycles. The Labute approximate surface area is 258 Å². The summed E-state index contributed by atoms with van der Waals surface area (Å²) in [5.74, 6) is -2.17. The number of tetrazole rings is 1. The van der Waals surface area contributed by atoms with Gasteiger partial charge in [0.05, 0.1) is 10.7 Å². The van der Waals surface area contributed by atoms with Crippen LogP contribution in [-0.4, -0.2) is 46.7 Å². The lowest BCUT2D eigenvalue weighted by atomic mass is 9.95. The summed E-state index contributed by atoms with van der Waals surface area (Å²) in [7, 11) is 0. The molecule has 3 heterocycles. The van der Waals surface area contributed by atoms with Gasteiger partial charge in [0.2, 0.25) is 0 Å². The van der Waals surface area contributed by atoms with E-state index in [9.17, 15) is 22.8 Å². The van der Waals surface area contributed by atoms with Gasteiger partial charge in [0, 0.05) is 29.7 Å². The van der Waals surface area contributed by atoms with Crippen molar-refractivity contribution in [2.45, 2.75) is 39.5 Å². The molecule has 0 aliphatic rings. The number of rotatable bonds is 9. The van der Waals surface area contributed by atoms with Gasteiger partial charge in [-0.25, -0.2) is 9.67 Å². The van der Waals surface area contributed by atoms with Gasteiger partial charge in [-0.05, 0) is 71.6 Å². The van der Waals surface area contributed by atoms with E-state index >= 15 is 0 Å². The molecular weight excluding hydrogens is 620 g/mol. The molecule has 226 valence electrons. The predicted molar refractivity (Wildman–Crippen MR) is 155 cm³/mol. The van der Waals surface area contributed by atoms with Crippen molar-refractivity contribution in [3.05, 3.63) is 116 Å². The molecule has 3 aromatic heterocycles. The van der Waals surface area contributed by atoms with Crippen LogP contribution < -0.4 is 5.32 Å². The van der Waals surface area contributed by atoms with Crippen molar-refractivity contribution in [3.63, 3.8) is 0 Å². The van der Waals surface area contributed by atoms with Crippen molar-refractivity contribution in [2.24, 2.45) is 0 Å². The first-order valence-electron chi connectivity index (χ1n) is 13.1. The number of nitrogens with one attached hydrogen (secondary N) is 1. The number of nitrogens with zero attached hydrogens (tertiary/aromatic N) is 7. The van der Waals surface area contributed by atoms with E-state index in [0.29, 0.717) is 20.9 Å². The quantitative estimate of drug-likeness (QED) is 0.208. The lowest BCUT2D eigenvalue weighted by Crippen LogP contribution is -2.25. The van der Waals surface area contributed by atoms with E-state index in [1.807, 2.05) is 31.2 Å². The van der Waals surface area contributed by atoms with Crippen molar-refractivity contribution >= 4 is 34.9 Å². The highest BCUT2D eigenvalue weighted by molar-refractivity contribution is 6.32. The van der Waals surface area contributed by atoms with Crippen LogP contribution in [-0.2, 0) is 25.7 Å². The molecule has 0 saturated heterocycles. The molecule has 5 rings (SSSR count). The van der Waals surface area contributed by atoms with Gasteiger partial charge >= 0.3 is 6.18 Å². The van der Waals surface area contributed by atoms with Gasteiger partial charge in [-0.2, -0.15) is 23.1 Å². The minimum absolute atomic E-state index is 0.0254. The zero-order valence-corrected chi connectivity index (χ0v) is 24.7. The topological polar surface area (TPSA) is 120 Å². The standard InChI is InChI=1S/C29H23Cl2F3N8O2/c1-16-6-3-4-7-18(16)14-36-27(44)22-11-19(30)10-17(2)21(22)13-25(43)24-12-20(15-41-39-28(37-40-41)29(32,33)34)38-42(24)26-23(31)8-5-9-35-26/h3-12H,13-15H2,1-2H3,(H,36,44). The van der Waals surface area contributed by atoms with Crippen LogP contribution in [0.5, 0.6) is 0 Å². The first-order valence-corrected chi connectivity index (χ1v) is 13.9. The highest BCUT2D eigenvalue weighted by atomic mass is 35.5. The van der Waals surface area contributed by atoms with Crippen molar-refractivity contribution < 1.29 is 22.8 Å². The summed E-state index contributed by atoms with van der Waals surface area (Å²) in [6, 6.07) is 15.3. The van der Waals surface area contributed by atoms with Crippen molar-refractivity contribution in [2.75, 3.05) is 0 Å². The number of hydrogen-bond acceptors (Lipinski definition) is 7. The third-order valence-corrected chi connectivity index (χ3v) is 7.23. The van der Waals surface area contributed by atoms with Crippen molar-refractivity contribution in [1.82, 2.24) is 40.3 Å². The van der Waals surface area contributed by atoms with Crippen LogP contribution >= 0.6 is 23.2 Å². The second-order valence-electron chi connectivity index (χ2n) is 9.84. The third kappa shape index (κ3) is 6.79. The minimum atomic E-state index is -4.78. The number of aromatic nitrogens is 7. The summed E-state index contributed by atoms with van der Waals surface area (Å²) >= 11 is 12.7. The monoisotopic (exact) mass is 642 g/mol. The number of aryl methyl sites for hydroxylation is 2. The zero-order valence-electron chi connectivity index (χ0n) is 23.2. The van der Waals surface area contributed by atoms with Gasteiger partial charge in [0.15, 0.2) is 11.6 Å². The Hall–Kier alpha value is -4.62. The Morgan fingerprint density at radius 1 is 0.977 bits per heavy atom. The summed E-state index contributed by atoms with van der Waals surface area (Å²) in [4.78, 5) is 32.2. The summed E-state index contributed by atoms with van der Waals surface area (Å²) in [6.07, 6.45) is -3.56. The molecule has 5 aromatic rings. The third-order valence-electron chi connectivity index (χ3n) is 6.72. The number of carbonyl (C=O) groups excluding carboxylic acids is 2. The lowest BCUT2D eigenvalue weighted by molar-refractivity contribution is -0.145. The number of amides is 1. The fourth-order valence-corrected chi connectivity index (χ4v) is 4.98. The van der Waals surface area contributed by atoms with E-state index in [0.717, 1.165) is 11.1 Å². The van der Waals surface area contributed by atoms with E-state index < -0.39 is 23.7 Å². The molecule has 1 amide bonds. The maximum atomic E-state index is 13.9. The van der Waals surface area contributed by atoms with E-state index in [4.69, 9.17) is 23.2 Å². The number of hydrogen-bond donors (Lipinski definition) is 1. The van der Waals surface area contributed by atoms with Gasteiger partial charge in [0.25, 0.3) is 11.7 Å². The van der Waals surface area contributed by atoms with Crippen LogP contribution in [0, 0.1) is 13.8 Å². The SMILES string of the molecule is Cc1ccccc1CNC(=O)c1cc(Cl)cc(C)c1CC(=O)c1cc(Cn2nnc(C(F)(F)F)n2)nn1-c1ncccc1Cl. The Morgan fingerprint density at radius 3 is 2.45 bits per heavy atom. The Bertz CT molecular complexity index is 1870. The summed E-state index contributed by atoms with van der Waals surface area (Å²) in [5.41, 5.74) is 3.40. The Kier molecular flexibility index (Phi) is 8.79. The van der Waals surface area contributed by atoms with E-state index in [1.165, 1.54) is 23.0 Å². The van der Waals surface area contributed by atoms with E-state index in [-0.39, 0.29) is 47.3 Å². The second kappa shape index (κ2) is 12.5. The minimum Gasteiger partial charge on any atom is -0.348 e. The molecule has 0 bridgehead atoms. The van der Waals surface area contributed by atoms with Crippen molar-refractivity contribution in [3.8, 4) is 5.82 Å². The number of benzene rings is 2. The number of pyridine rings is 1. The molecule has 0 atom stereocenters. The van der Waals surface area contributed by atoms with Crippen LogP contribution in [0.4, 0.5) is 13.2 Å². The van der Waals surface area contributed by atoms with Crippen LogP contribution in [0.2, 0.25) is 10.0 Å². The van der Waals surface area contributed by atoms with Crippen LogP contribution in [0.25, 0.3) is 5.82 Å². The maximum Gasteiger partial charge on any atom is 0.455 e. The lowest BCUT2D eigenvalue weighted by Gasteiger charge is -2.15. The van der Waals surface area contributed by atoms with E-state index in [2.05, 4.69) is 30.8 Å². The molecule has 0 fully saturated rings. The smallest absolute Gasteiger partial charge is 0.348 e. The number of carbonyl (C=O) groups is 2. The van der Waals surface area contributed by atoms with Gasteiger partial charge in [-0.3, -0.25) is 9.59 Å². The molecule has 0 saturated carbocycles. The second-order valence-corrected chi connectivity index (χ2v) is 10.7. The summed E-state index contributed by atoms with van der Waals surface area (Å²) in [6.45, 7) is 3.62. The molecule has 0 spiro atoms. The first-order chi connectivity index (χ1) is 20.9. The fraction of sp³-hybridized carbons (Fsp3) is 0.207. The fourth-order valence-electron chi connectivity index (χ4n) is 4.51. The normalized spacial score (nSPS) is 11.5. The van der Waals surface area contributed by atoms with E-state index in [1.54, 1.807) is 25.1 Å². The largest absolute Gasteiger partial charge is 0.455 e. The number of halogens is 5. The van der Waals surface area contributed by atoms with Crippen LogP contribution in [0.1, 0.15) is 54.6 Å². The average molecular weight is 643 g/mol. The molecule has 0 radical (unpaired) electrons. The van der Waals surface area contributed by atoms with Crippen LogP contribution in [0.15, 0.2) is 60.8 Å². The summed E-state index contributed by atoms with van der Waals surface area (Å²) in [5, 5.41) is 17.6. The maximum absolute atomic E-state index is 13.9. The van der Waals surface area contributed by atoms with Gasteiger partial charge in [-0.15, -0.1) is 10.2 Å². The molecule has 44 heavy (non-hydrogen) atoms. The highest BCUT2D eigenvalue weighted by Gasteiger charge is 2.37. The zero-order chi connectivity index (χ0) is 31.6. The number of Topliss-reactive ketones (excluding diaryl/α,β-unsaturated/α-hetero) is 1. The molecule has 10 nitrogen and oxygen atoms in total. The highest BCUT2D eigenvalue weighted by Crippen LogP contribution is 2.27. The first kappa shape index (κ1) is 30.8. The Morgan fingerprint density at radius 2 is 1.75 bits per heavy atom. The molecule has 0 aliphatic heterocycles. The van der Waals surface area contributed by atoms with Gasteiger partial charge in [-0.1, -0.05) is 47.5 Å². The predicted octanol–water partition coefficient (Wildman–Crippen LogP) is 5.60. The number of alkyl halides is 3. The summed E-state index contributed by atoms with van der Waals surface area (Å²) < 4.78 is 40.2. The van der Waals surface area contributed by atoms with Crippen molar-refractivity contribution in [1.29, 1.82) is 0 Å². The number of ketones is 1. The average Bonchev–Trinajstić information content (AvgIpc) is 3.62. The Balaban J connectivity index is 1.47. The molecule has 1 N–H and O–H groups in total. The van der Waals surface area contributed by atoms with Crippen LogP contribution in [0.3, 0.4) is 0 Å². The molecular formula is C29H23Cl2F3N8O2. The molecule has 2 aromatic carbocycles. The van der Waals surface area contributed by atoms with Gasteiger partial charge < -0.3 is 5.32 Å². The molecule has 0 unspecified atom stereocenters.